The first-order valence-corrected chi connectivity index (χ1v) is 5.72. The molecule has 0 spiro atoms. The molecule has 0 aromatic heterocycles. The van der Waals surface area contributed by atoms with Crippen molar-refractivity contribution in [2.75, 3.05) is 18.5 Å². The van der Waals surface area contributed by atoms with Crippen LogP contribution in [0, 0.1) is 8.99 Å². The molecular weight excluding hydrogens is 289 g/mol. The first-order chi connectivity index (χ1) is 6.55. The summed E-state index contributed by atoms with van der Waals surface area (Å²) in [6.07, 6.45) is 0. The molecule has 78 valence electrons. The van der Waals surface area contributed by atoms with Gasteiger partial charge in [-0.25, -0.2) is 0 Å². The SMILES string of the molecule is CC(C)(CO)CNc1ccccc1I. The van der Waals surface area contributed by atoms with Gasteiger partial charge < -0.3 is 10.4 Å². The van der Waals surface area contributed by atoms with Crippen LogP contribution in [0.1, 0.15) is 13.8 Å². The number of hydrogen-bond donors (Lipinski definition) is 2. The molecule has 0 bridgehead atoms. The average Bonchev–Trinajstić information content (AvgIpc) is 2.17. The maximum atomic E-state index is 9.10. The standard InChI is InChI=1S/C11H16INO/c1-11(2,8-14)7-13-10-6-4-3-5-9(10)12/h3-6,13-14H,7-8H2,1-2H3. The summed E-state index contributed by atoms with van der Waals surface area (Å²) in [5, 5.41) is 12.4. The van der Waals surface area contributed by atoms with E-state index in [1.807, 2.05) is 26.0 Å². The topological polar surface area (TPSA) is 32.3 Å². The lowest BCUT2D eigenvalue weighted by Gasteiger charge is -2.22. The number of aliphatic hydroxyl groups is 1. The number of aliphatic hydroxyl groups excluding tert-OH is 1. The highest BCUT2D eigenvalue weighted by Crippen LogP contribution is 2.20. The predicted molar refractivity (Wildman–Crippen MR) is 68.5 cm³/mol. The molecule has 1 aromatic rings. The molecule has 0 atom stereocenters. The van der Waals surface area contributed by atoms with E-state index in [0.717, 1.165) is 12.2 Å². The number of halogens is 1. The van der Waals surface area contributed by atoms with Crippen LogP contribution in [0.5, 0.6) is 0 Å². The molecule has 0 radical (unpaired) electrons. The van der Waals surface area contributed by atoms with Gasteiger partial charge in [0.2, 0.25) is 0 Å². The van der Waals surface area contributed by atoms with Gasteiger partial charge in [0.05, 0.1) is 0 Å². The Labute approximate surface area is 98.9 Å². The van der Waals surface area contributed by atoms with Crippen molar-refractivity contribution in [3.05, 3.63) is 27.8 Å². The Bertz CT molecular complexity index is 299. The van der Waals surface area contributed by atoms with E-state index in [9.17, 15) is 0 Å². The zero-order valence-electron chi connectivity index (χ0n) is 8.55. The molecule has 1 aromatic carbocycles. The van der Waals surface area contributed by atoms with Gasteiger partial charge in [0.15, 0.2) is 0 Å². The monoisotopic (exact) mass is 305 g/mol. The summed E-state index contributed by atoms with van der Waals surface area (Å²) in [5.74, 6) is 0. The molecule has 0 saturated carbocycles. The van der Waals surface area contributed by atoms with Gasteiger partial charge in [0.25, 0.3) is 0 Å². The molecule has 0 unspecified atom stereocenters. The Balaban J connectivity index is 2.58. The van der Waals surface area contributed by atoms with Crippen molar-refractivity contribution in [2.24, 2.45) is 5.41 Å². The summed E-state index contributed by atoms with van der Waals surface area (Å²) in [6, 6.07) is 8.14. The third-order valence-corrected chi connectivity index (χ3v) is 3.00. The van der Waals surface area contributed by atoms with E-state index in [1.54, 1.807) is 0 Å². The van der Waals surface area contributed by atoms with Crippen molar-refractivity contribution < 1.29 is 5.11 Å². The van der Waals surface area contributed by atoms with Gasteiger partial charge in [0.1, 0.15) is 0 Å². The Kier molecular flexibility index (Phi) is 4.19. The number of rotatable bonds is 4. The minimum Gasteiger partial charge on any atom is -0.396 e. The van der Waals surface area contributed by atoms with Crippen LogP contribution in [0.4, 0.5) is 5.69 Å². The highest BCUT2D eigenvalue weighted by Gasteiger charge is 2.15. The van der Waals surface area contributed by atoms with Crippen LogP contribution in [0.15, 0.2) is 24.3 Å². The van der Waals surface area contributed by atoms with E-state index >= 15 is 0 Å². The van der Waals surface area contributed by atoms with Crippen LogP contribution in [-0.2, 0) is 0 Å². The summed E-state index contributed by atoms with van der Waals surface area (Å²) in [7, 11) is 0. The molecular formula is C11H16INO. The van der Waals surface area contributed by atoms with E-state index in [4.69, 9.17) is 5.11 Å². The van der Waals surface area contributed by atoms with Crippen LogP contribution in [0.25, 0.3) is 0 Å². The molecule has 0 fully saturated rings. The molecule has 3 heteroatoms. The largest absolute Gasteiger partial charge is 0.396 e. The Morgan fingerprint density at radius 2 is 2.00 bits per heavy atom. The molecule has 0 aliphatic rings. The molecule has 0 heterocycles. The maximum absolute atomic E-state index is 9.10. The predicted octanol–water partition coefficient (Wildman–Crippen LogP) is 2.72. The summed E-state index contributed by atoms with van der Waals surface area (Å²) in [5.41, 5.74) is 1.06. The zero-order chi connectivity index (χ0) is 10.6. The van der Waals surface area contributed by atoms with Crippen molar-refractivity contribution >= 4 is 28.3 Å². The quantitative estimate of drug-likeness (QED) is 0.838. The average molecular weight is 305 g/mol. The summed E-state index contributed by atoms with van der Waals surface area (Å²) < 4.78 is 1.21. The Morgan fingerprint density at radius 1 is 1.36 bits per heavy atom. The minimum atomic E-state index is -0.0705. The van der Waals surface area contributed by atoms with E-state index in [1.165, 1.54) is 3.57 Å². The van der Waals surface area contributed by atoms with Gasteiger partial charge in [-0.05, 0) is 34.7 Å². The van der Waals surface area contributed by atoms with Gasteiger partial charge in [0, 0.05) is 27.8 Å². The van der Waals surface area contributed by atoms with E-state index in [-0.39, 0.29) is 12.0 Å². The fraction of sp³-hybridized carbons (Fsp3) is 0.455. The molecule has 0 saturated heterocycles. The van der Waals surface area contributed by atoms with E-state index in [0.29, 0.717) is 0 Å². The van der Waals surface area contributed by atoms with Gasteiger partial charge in [-0.15, -0.1) is 0 Å². The summed E-state index contributed by atoms with van der Waals surface area (Å²) in [6.45, 7) is 5.05. The Hall–Kier alpha value is -0.290. The second-order valence-corrected chi connectivity index (χ2v) is 5.32. The number of para-hydroxylation sites is 1. The number of benzene rings is 1. The first kappa shape index (κ1) is 11.8. The third-order valence-electron chi connectivity index (χ3n) is 2.06. The number of nitrogens with one attached hydrogen (secondary N) is 1. The van der Waals surface area contributed by atoms with Gasteiger partial charge >= 0.3 is 0 Å². The summed E-state index contributed by atoms with van der Waals surface area (Å²) in [4.78, 5) is 0. The fourth-order valence-electron chi connectivity index (χ4n) is 0.995. The van der Waals surface area contributed by atoms with Crippen LogP contribution in [-0.4, -0.2) is 18.3 Å². The maximum Gasteiger partial charge on any atom is 0.0498 e. The first-order valence-electron chi connectivity index (χ1n) is 4.64. The van der Waals surface area contributed by atoms with Crippen LogP contribution in [0.2, 0.25) is 0 Å². The van der Waals surface area contributed by atoms with E-state index < -0.39 is 0 Å². The molecule has 14 heavy (non-hydrogen) atoms. The third kappa shape index (κ3) is 3.46. The lowest BCUT2D eigenvalue weighted by molar-refractivity contribution is 0.171. The molecule has 0 amide bonds. The second kappa shape index (κ2) is 4.98. The molecule has 0 aliphatic heterocycles. The van der Waals surface area contributed by atoms with Crippen molar-refractivity contribution in [2.45, 2.75) is 13.8 Å². The van der Waals surface area contributed by atoms with Gasteiger partial charge in [-0.2, -0.15) is 0 Å². The van der Waals surface area contributed by atoms with Crippen molar-refractivity contribution in [1.82, 2.24) is 0 Å². The number of anilines is 1. The summed E-state index contributed by atoms with van der Waals surface area (Å²) >= 11 is 2.30. The minimum absolute atomic E-state index is 0.0705. The van der Waals surface area contributed by atoms with Crippen LogP contribution >= 0.6 is 22.6 Å². The van der Waals surface area contributed by atoms with Crippen molar-refractivity contribution in [1.29, 1.82) is 0 Å². The number of hydrogen-bond acceptors (Lipinski definition) is 2. The fourth-order valence-corrected chi connectivity index (χ4v) is 1.57. The molecule has 0 aliphatic carbocycles. The normalized spacial score (nSPS) is 11.4. The van der Waals surface area contributed by atoms with Crippen molar-refractivity contribution in [3.8, 4) is 0 Å². The molecule has 2 N–H and O–H groups in total. The zero-order valence-corrected chi connectivity index (χ0v) is 10.7. The molecule has 1 rings (SSSR count). The van der Waals surface area contributed by atoms with Gasteiger partial charge in [-0.3, -0.25) is 0 Å². The van der Waals surface area contributed by atoms with Crippen molar-refractivity contribution in [3.63, 3.8) is 0 Å². The smallest absolute Gasteiger partial charge is 0.0498 e. The van der Waals surface area contributed by atoms with Gasteiger partial charge in [-0.1, -0.05) is 26.0 Å². The highest BCUT2D eigenvalue weighted by atomic mass is 127. The lowest BCUT2D eigenvalue weighted by Crippen LogP contribution is -2.27. The Morgan fingerprint density at radius 3 is 2.57 bits per heavy atom. The lowest BCUT2D eigenvalue weighted by atomic mass is 9.95. The molecule has 2 nitrogen and oxygen atoms in total. The van der Waals surface area contributed by atoms with Crippen LogP contribution < -0.4 is 5.32 Å². The second-order valence-electron chi connectivity index (χ2n) is 4.16. The van der Waals surface area contributed by atoms with Crippen LogP contribution in [0.3, 0.4) is 0 Å². The highest BCUT2D eigenvalue weighted by molar-refractivity contribution is 14.1. The van der Waals surface area contributed by atoms with E-state index in [2.05, 4.69) is 40.0 Å².